The number of fused-ring (bicyclic) bond motifs is 6. The molecule has 0 unspecified atom stereocenters. The molecule has 0 aliphatic carbocycles. The van der Waals surface area contributed by atoms with E-state index in [0.29, 0.717) is 0 Å². The van der Waals surface area contributed by atoms with Crippen molar-refractivity contribution >= 4 is 84.9 Å². The second-order valence-electron chi connectivity index (χ2n) is 11.7. The van der Waals surface area contributed by atoms with Crippen LogP contribution in [0.15, 0.2) is 150 Å². The molecule has 5 heteroatoms. The predicted molar refractivity (Wildman–Crippen MR) is 190 cm³/mol. The Morgan fingerprint density at radius 2 is 1.07 bits per heavy atom. The van der Waals surface area contributed by atoms with Crippen LogP contribution in [0.4, 0.5) is 17.3 Å². The van der Waals surface area contributed by atoms with Crippen molar-refractivity contribution in [3.05, 3.63) is 146 Å². The van der Waals surface area contributed by atoms with E-state index < -0.39 is 0 Å². The molecule has 4 nitrogen and oxygen atoms in total. The van der Waals surface area contributed by atoms with Crippen molar-refractivity contribution in [2.45, 2.75) is 0 Å². The Kier molecular flexibility index (Phi) is 5.72. The predicted octanol–water partition coefficient (Wildman–Crippen LogP) is 9.23. The number of furan rings is 1. The first-order valence-electron chi connectivity index (χ1n) is 15.1. The molecule has 3 heterocycles. The van der Waals surface area contributed by atoms with Crippen LogP contribution in [0.5, 0.6) is 0 Å². The fraction of sp³-hybridized carbons (Fsp3) is 0. The molecule has 3 aromatic heterocycles. The number of anilines is 3. The maximum Gasteiger partial charge on any atom is 0.139 e. The van der Waals surface area contributed by atoms with Crippen LogP contribution in [-0.4, -0.2) is 17.8 Å². The summed E-state index contributed by atoms with van der Waals surface area (Å²) in [5.74, 6) is 1.58. The first-order valence-corrected chi connectivity index (χ1v) is 15.1. The van der Waals surface area contributed by atoms with Crippen molar-refractivity contribution in [1.29, 1.82) is 0 Å². The molecule has 0 atom stereocenters. The van der Waals surface area contributed by atoms with E-state index in [2.05, 4.69) is 140 Å². The lowest BCUT2D eigenvalue weighted by molar-refractivity contribution is 0.669. The van der Waals surface area contributed by atoms with Crippen molar-refractivity contribution in [1.82, 2.24) is 9.97 Å². The van der Waals surface area contributed by atoms with E-state index in [1.165, 1.54) is 22.0 Å². The molecule has 6 aromatic carbocycles. The highest BCUT2D eigenvalue weighted by atomic mass is 16.3. The Morgan fingerprint density at radius 3 is 1.82 bits per heavy atom. The van der Waals surface area contributed by atoms with Gasteiger partial charge in [-0.15, -0.1) is 0 Å². The van der Waals surface area contributed by atoms with Gasteiger partial charge < -0.3 is 4.42 Å². The van der Waals surface area contributed by atoms with Gasteiger partial charge in [0.05, 0.1) is 5.69 Å². The van der Waals surface area contributed by atoms with Gasteiger partial charge in [-0.05, 0) is 75.1 Å². The number of aromatic nitrogens is 2. The van der Waals surface area contributed by atoms with Crippen molar-refractivity contribution in [3.63, 3.8) is 0 Å². The molecule has 0 aliphatic rings. The highest BCUT2D eigenvalue weighted by Gasteiger charge is 2.19. The van der Waals surface area contributed by atoms with E-state index >= 15 is 0 Å². The number of hydrogen-bond acceptors (Lipinski definition) is 4. The summed E-state index contributed by atoms with van der Waals surface area (Å²) in [6.45, 7) is 0. The van der Waals surface area contributed by atoms with Crippen LogP contribution < -0.4 is 10.4 Å². The highest BCUT2D eigenvalue weighted by molar-refractivity contribution is 6.32. The summed E-state index contributed by atoms with van der Waals surface area (Å²) < 4.78 is 6.46. The zero-order valence-electron chi connectivity index (χ0n) is 24.6. The van der Waals surface area contributed by atoms with E-state index in [1.807, 2.05) is 18.5 Å². The van der Waals surface area contributed by atoms with Crippen LogP contribution in [0, 0.1) is 0 Å². The Hall–Kier alpha value is -5.94. The topological polar surface area (TPSA) is 42.2 Å². The maximum atomic E-state index is 6.46. The molecule has 0 spiro atoms. The summed E-state index contributed by atoms with van der Waals surface area (Å²) in [7, 11) is 2.11. The van der Waals surface area contributed by atoms with Crippen LogP contribution >= 0.6 is 0 Å². The summed E-state index contributed by atoms with van der Waals surface area (Å²) in [6.07, 6.45) is 3.89. The van der Waals surface area contributed by atoms with Crippen LogP contribution in [0.3, 0.4) is 0 Å². The first kappa shape index (κ1) is 25.6. The third-order valence-corrected chi connectivity index (χ3v) is 8.75. The summed E-state index contributed by atoms with van der Waals surface area (Å²) in [6, 6.07) is 46.9. The lowest BCUT2D eigenvalue weighted by Gasteiger charge is -2.24. The Labute approximate surface area is 260 Å². The molecule has 0 aliphatic heterocycles. The van der Waals surface area contributed by atoms with E-state index in [0.717, 1.165) is 66.2 Å². The smallest absolute Gasteiger partial charge is 0.139 e. The van der Waals surface area contributed by atoms with Crippen molar-refractivity contribution in [3.8, 4) is 11.1 Å². The normalized spacial score (nSPS) is 11.6. The molecule has 9 rings (SSSR count). The number of rotatable bonds is 4. The van der Waals surface area contributed by atoms with Gasteiger partial charge in [0.25, 0.3) is 0 Å². The fourth-order valence-electron chi connectivity index (χ4n) is 6.34. The van der Waals surface area contributed by atoms with Gasteiger partial charge in [-0.1, -0.05) is 90.4 Å². The van der Waals surface area contributed by atoms with Gasteiger partial charge in [-0.25, -0.2) is 9.97 Å². The summed E-state index contributed by atoms with van der Waals surface area (Å²) in [5.41, 5.74) is 6.25. The van der Waals surface area contributed by atoms with Gasteiger partial charge in [-0.3, -0.25) is 4.90 Å². The second-order valence-corrected chi connectivity index (χ2v) is 11.7. The van der Waals surface area contributed by atoms with Crippen molar-refractivity contribution in [2.75, 3.05) is 4.90 Å². The summed E-state index contributed by atoms with van der Waals surface area (Å²) >= 11 is 0. The second kappa shape index (κ2) is 10.1. The molecule has 210 valence electrons. The molecule has 0 fully saturated rings. The summed E-state index contributed by atoms with van der Waals surface area (Å²) in [5, 5.41) is 8.96. The van der Waals surface area contributed by atoms with Crippen LogP contribution in [0.1, 0.15) is 0 Å². The monoisotopic (exact) mass is 575 g/mol. The molecule has 0 bridgehead atoms. The minimum Gasteiger partial charge on any atom is -0.456 e. The van der Waals surface area contributed by atoms with Gasteiger partial charge in [0.15, 0.2) is 0 Å². The Morgan fingerprint density at radius 1 is 0.467 bits per heavy atom. The zero-order chi connectivity index (χ0) is 29.9. The molecule has 0 amide bonds. The molecule has 0 saturated carbocycles. The molecule has 0 radical (unpaired) electrons. The van der Waals surface area contributed by atoms with Crippen molar-refractivity contribution in [2.24, 2.45) is 0 Å². The van der Waals surface area contributed by atoms with Gasteiger partial charge >= 0.3 is 0 Å². The fourth-order valence-corrected chi connectivity index (χ4v) is 6.34. The molecule has 0 N–H and O–H groups in total. The van der Waals surface area contributed by atoms with Crippen LogP contribution in [0.2, 0.25) is 0 Å². The number of benzene rings is 6. The molecule has 0 saturated heterocycles. The lowest BCUT2D eigenvalue weighted by Crippen LogP contribution is -2.13. The van der Waals surface area contributed by atoms with E-state index in [-0.39, 0.29) is 0 Å². The standard InChI is InChI=1S/C40H26BN3O/c41-33-13-11-25(12-14-33)29-9-10-30-21-40(43-24-32(30)17-29)44(39-20-28-7-3-4-8-31(28)23-42-39)34-15-16-35-36-18-26-5-1-2-6-27(26)19-37(36)45-38(35)22-34/h1-24H,41H2. The first-order chi connectivity index (χ1) is 22.2. The number of nitrogens with zero attached hydrogens (tertiary/aromatic N) is 3. The third-order valence-electron chi connectivity index (χ3n) is 8.75. The molecule has 9 aromatic rings. The molecular formula is C40H26BN3O. The zero-order valence-corrected chi connectivity index (χ0v) is 24.6. The van der Waals surface area contributed by atoms with Gasteiger partial charge in [0.1, 0.15) is 30.6 Å². The molecule has 45 heavy (non-hydrogen) atoms. The molecular weight excluding hydrogens is 549 g/mol. The maximum absolute atomic E-state index is 6.46. The Balaban J connectivity index is 1.20. The van der Waals surface area contributed by atoms with E-state index in [1.54, 1.807) is 0 Å². The van der Waals surface area contributed by atoms with E-state index in [4.69, 9.17) is 14.4 Å². The van der Waals surface area contributed by atoms with Gasteiger partial charge in [-0.2, -0.15) is 0 Å². The number of pyridine rings is 2. The SMILES string of the molecule is Bc1ccc(-c2ccc3cc(N(c4ccc5c(c4)oc4cc6ccccc6cc45)c4cc5ccccc5cn4)ncc3c2)cc1. The lowest BCUT2D eigenvalue weighted by atomic mass is 9.93. The third kappa shape index (κ3) is 4.40. The largest absolute Gasteiger partial charge is 0.456 e. The quantitative estimate of drug-likeness (QED) is 0.196. The highest BCUT2D eigenvalue weighted by Crippen LogP contribution is 2.39. The number of hydrogen-bond donors (Lipinski definition) is 0. The van der Waals surface area contributed by atoms with Crippen LogP contribution in [0.25, 0.3) is 65.4 Å². The van der Waals surface area contributed by atoms with Gasteiger partial charge in [0.2, 0.25) is 0 Å². The minimum absolute atomic E-state index is 0.787. The van der Waals surface area contributed by atoms with Crippen LogP contribution in [-0.2, 0) is 0 Å². The average Bonchev–Trinajstić information content (AvgIpc) is 3.44. The Bertz CT molecular complexity index is 2570. The van der Waals surface area contributed by atoms with Crippen molar-refractivity contribution < 1.29 is 4.42 Å². The minimum atomic E-state index is 0.787. The van der Waals surface area contributed by atoms with E-state index in [9.17, 15) is 0 Å². The summed E-state index contributed by atoms with van der Waals surface area (Å²) in [4.78, 5) is 12.0. The van der Waals surface area contributed by atoms with Gasteiger partial charge in [0, 0.05) is 40.0 Å². The average molecular weight is 575 g/mol.